The minimum Gasteiger partial charge on any atom is -0.466 e. The average Bonchev–Trinajstić information content (AvgIpc) is 3.38. The van der Waals surface area contributed by atoms with Gasteiger partial charge in [0.2, 0.25) is 0 Å². The third-order valence-electron chi connectivity index (χ3n) is 3.17. The zero-order valence-electron chi connectivity index (χ0n) is 40.4. The Morgan fingerprint density at radius 2 is 0.338 bits per heavy atom. The van der Waals surface area contributed by atoms with E-state index in [-0.39, 0.29) is 195 Å². The number of aliphatic hydroxyl groups is 24. The van der Waals surface area contributed by atoms with E-state index in [2.05, 4.69) is 9.47 Å². The second kappa shape index (κ2) is 151. The van der Waals surface area contributed by atoms with Crippen molar-refractivity contribution in [3.05, 3.63) is 0 Å². The topological polar surface area (TPSA) is 572 Å². The third-order valence-corrected chi connectivity index (χ3v) is 3.17. The summed E-state index contributed by atoms with van der Waals surface area (Å²) in [5, 5.41) is 183. The fraction of sp³-hybridized carbons (Fsp3) is 0.895. The van der Waals surface area contributed by atoms with E-state index in [0.717, 1.165) is 0 Å². The number of hydrogen-bond donors (Lipinski definition) is 24. The van der Waals surface area contributed by atoms with Crippen molar-refractivity contribution in [1.29, 1.82) is 0 Å². The molecule has 30 heteroatoms. The predicted molar refractivity (Wildman–Crippen MR) is 243 cm³/mol. The van der Waals surface area contributed by atoms with Gasteiger partial charge in [0.15, 0.2) is 0 Å². The van der Waals surface area contributed by atoms with E-state index < -0.39 is 0 Å². The quantitative estimate of drug-likeness (QED) is 0.0504. The van der Waals surface area contributed by atoms with Gasteiger partial charge in [-0.2, -0.15) is 0 Å². The number of rotatable bonds is 20. The predicted octanol–water partition coefficient (Wildman–Crippen LogP) is -10.5. The highest BCUT2D eigenvalue weighted by Crippen LogP contribution is 1.93. The van der Waals surface area contributed by atoms with Crippen LogP contribution in [0.25, 0.3) is 0 Å². The molecule has 0 spiro atoms. The number of hydrogen-bond acceptors (Lipinski definition) is 30. The fourth-order valence-corrected chi connectivity index (χ4v) is 1.02. The number of aliphatic hydroxyl groups excluding tert-OH is 24. The third kappa shape index (κ3) is 384. The van der Waals surface area contributed by atoms with Crippen molar-refractivity contribution in [3.63, 3.8) is 0 Å². The maximum Gasteiger partial charge on any atom is 0.306 e. The van der Waals surface area contributed by atoms with Crippen LogP contribution < -0.4 is 0 Å². The van der Waals surface area contributed by atoms with Crippen LogP contribution in [-0.2, 0) is 28.7 Å². The highest BCUT2D eigenvalue weighted by atomic mass is 16.5. The van der Waals surface area contributed by atoms with Crippen LogP contribution in [0.5, 0.6) is 0 Å². The summed E-state index contributed by atoms with van der Waals surface area (Å²) >= 11 is 0. The summed E-state index contributed by atoms with van der Waals surface area (Å²) in [5.74, 6) is -0.545. The van der Waals surface area contributed by atoms with E-state index in [0.29, 0.717) is 26.1 Å². The molecule has 0 radical (unpaired) electrons. The number of carbonyl (C=O) groups is 4. The number of esters is 2. The van der Waals surface area contributed by atoms with E-state index >= 15 is 0 Å². The highest BCUT2D eigenvalue weighted by Gasteiger charge is 2.03. The second-order valence-electron chi connectivity index (χ2n) is 9.38. The summed E-state index contributed by atoms with van der Waals surface area (Å²) in [6.45, 7) is 4.17. The van der Waals surface area contributed by atoms with Crippen molar-refractivity contribution in [3.8, 4) is 0 Å². The molecule has 30 nitrogen and oxygen atoms in total. The van der Waals surface area contributed by atoms with Crippen molar-refractivity contribution in [2.24, 2.45) is 0 Å². The summed E-state index contributed by atoms with van der Waals surface area (Å²) < 4.78 is 9.20. The molecular formula is C38H96O30. The van der Waals surface area contributed by atoms with Crippen LogP contribution >= 0.6 is 0 Å². The van der Waals surface area contributed by atoms with Gasteiger partial charge in [-0.15, -0.1) is 0 Å². The first-order valence-corrected chi connectivity index (χ1v) is 20.2. The molecule has 0 bridgehead atoms. The van der Waals surface area contributed by atoms with Crippen LogP contribution in [0, 0.1) is 0 Å². The van der Waals surface area contributed by atoms with E-state index in [1.165, 1.54) is 13.8 Å². The zero-order valence-corrected chi connectivity index (χ0v) is 40.4. The van der Waals surface area contributed by atoms with Crippen molar-refractivity contribution in [1.82, 2.24) is 0 Å². The standard InChI is InChI=1S/2C7H12O3.12C2H6O2/c2*1-3-10-7(9)5-4-6(2)8;12*3-1-2-4/h2*3-5H2,1-2H3;12*3-4H,1-2H2. The number of Topliss-reactive ketones (excluding diaryl/α,β-unsaturated/α-hetero) is 2. The molecule has 0 aliphatic heterocycles. The van der Waals surface area contributed by atoms with Crippen LogP contribution in [0.3, 0.4) is 0 Å². The molecule has 0 rings (SSSR count). The lowest BCUT2D eigenvalue weighted by atomic mass is 10.2. The van der Waals surface area contributed by atoms with Crippen LogP contribution in [0.15, 0.2) is 0 Å². The van der Waals surface area contributed by atoms with E-state index in [1.807, 2.05) is 0 Å². The van der Waals surface area contributed by atoms with E-state index in [9.17, 15) is 19.2 Å². The first-order chi connectivity index (χ1) is 32.3. The normalized spacial score (nSPS) is 7.94. The van der Waals surface area contributed by atoms with Gasteiger partial charge < -0.3 is 142 Å². The summed E-state index contributed by atoms with van der Waals surface area (Å²) in [5.41, 5.74) is 0. The zero-order chi connectivity index (χ0) is 56.9. The minimum atomic E-state index is -0.294. The lowest BCUT2D eigenvalue weighted by Crippen LogP contribution is -2.05. The Bertz CT molecular complexity index is 560. The van der Waals surface area contributed by atoms with Crippen LogP contribution in [0.4, 0.5) is 0 Å². The first kappa shape index (κ1) is 103. The molecule has 0 aliphatic carbocycles. The molecule has 0 fully saturated rings. The van der Waals surface area contributed by atoms with Crippen molar-refractivity contribution < 1.29 is 151 Å². The lowest BCUT2D eigenvalue weighted by molar-refractivity contribution is -0.144. The van der Waals surface area contributed by atoms with Crippen LogP contribution in [0.2, 0.25) is 0 Å². The molecule has 0 aromatic heterocycles. The minimum absolute atomic E-state index is 0.0213. The van der Waals surface area contributed by atoms with E-state index in [4.69, 9.17) is 123 Å². The van der Waals surface area contributed by atoms with Gasteiger partial charge in [-0.25, -0.2) is 0 Å². The van der Waals surface area contributed by atoms with Gasteiger partial charge in [0, 0.05) is 12.8 Å². The monoisotopic (exact) mass is 1030 g/mol. The smallest absolute Gasteiger partial charge is 0.306 e. The van der Waals surface area contributed by atoms with Gasteiger partial charge in [0.1, 0.15) is 11.6 Å². The van der Waals surface area contributed by atoms with Crippen LogP contribution in [-0.4, -0.2) is 318 Å². The fourth-order valence-electron chi connectivity index (χ4n) is 1.02. The Kier molecular flexibility index (Phi) is 228. The molecule has 0 aromatic rings. The number of ketones is 2. The molecule has 0 unspecified atom stereocenters. The maximum absolute atomic E-state index is 10.6. The summed E-state index contributed by atoms with van der Waals surface area (Å²) in [4.78, 5) is 41.8. The molecule has 0 atom stereocenters. The van der Waals surface area contributed by atoms with Crippen molar-refractivity contribution >= 4 is 23.5 Å². The van der Waals surface area contributed by atoms with Gasteiger partial charge >= 0.3 is 11.9 Å². The SMILES string of the molecule is CCOC(=O)CCC(C)=O.CCOC(=O)CCC(C)=O.OCCO.OCCO.OCCO.OCCO.OCCO.OCCO.OCCO.OCCO.OCCO.OCCO.OCCO.OCCO. The van der Waals surface area contributed by atoms with Crippen molar-refractivity contribution in [2.45, 2.75) is 53.4 Å². The largest absolute Gasteiger partial charge is 0.466 e. The lowest BCUT2D eigenvalue weighted by Gasteiger charge is -1.97. The Morgan fingerprint density at radius 3 is 0.397 bits per heavy atom. The molecule has 0 saturated heterocycles. The Labute approximate surface area is 399 Å². The highest BCUT2D eigenvalue weighted by molar-refractivity contribution is 5.81. The number of carbonyl (C=O) groups excluding carboxylic acids is 4. The molecule has 0 aliphatic rings. The summed E-state index contributed by atoms with van der Waals surface area (Å²) in [6.07, 6.45) is 1.00. The molecule has 428 valence electrons. The Morgan fingerprint density at radius 1 is 0.235 bits per heavy atom. The van der Waals surface area contributed by atoms with Gasteiger partial charge in [-0.05, 0) is 27.7 Å². The van der Waals surface area contributed by atoms with Crippen LogP contribution in [0.1, 0.15) is 53.4 Å². The van der Waals surface area contributed by atoms with Crippen molar-refractivity contribution in [2.75, 3.05) is 172 Å². The van der Waals surface area contributed by atoms with Gasteiger partial charge in [-0.3, -0.25) is 9.59 Å². The molecule has 24 N–H and O–H groups in total. The average molecular weight is 1030 g/mol. The second-order valence-corrected chi connectivity index (χ2v) is 9.38. The molecule has 0 amide bonds. The van der Waals surface area contributed by atoms with Gasteiger partial charge in [0.25, 0.3) is 0 Å². The van der Waals surface area contributed by atoms with E-state index in [1.54, 1.807) is 13.8 Å². The van der Waals surface area contributed by atoms with Gasteiger partial charge in [0.05, 0.1) is 185 Å². The summed E-state index contributed by atoms with van der Waals surface area (Å²) in [6, 6.07) is 0. The Balaban J connectivity index is -0.0000000393. The molecular weight excluding hydrogens is 936 g/mol. The number of ether oxygens (including phenoxy) is 2. The first-order valence-electron chi connectivity index (χ1n) is 20.2. The summed E-state index contributed by atoms with van der Waals surface area (Å²) in [7, 11) is 0. The Hall–Kier alpha value is -2.68. The van der Waals surface area contributed by atoms with Gasteiger partial charge in [-0.1, -0.05) is 0 Å². The maximum atomic E-state index is 10.6. The molecule has 0 saturated carbocycles. The molecule has 68 heavy (non-hydrogen) atoms. The molecule has 0 heterocycles. The molecule has 0 aromatic carbocycles.